The predicted octanol–water partition coefficient (Wildman–Crippen LogP) is 1.54. The quantitative estimate of drug-likeness (QED) is 0.477. The summed E-state index contributed by atoms with van der Waals surface area (Å²) in [5.74, 6) is 0.733. The second-order valence-corrected chi connectivity index (χ2v) is 5.20. The van der Waals surface area contributed by atoms with Crippen molar-refractivity contribution in [2.45, 2.75) is 13.5 Å². The van der Waals surface area contributed by atoms with E-state index in [1.165, 1.54) is 24.9 Å². The van der Waals surface area contributed by atoms with Gasteiger partial charge in [0.15, 0.2) is 4.32 Å². The minimum Gasteiger partial charge on any atom is -0.458 e. The Kier molecular flexibility index (Phi) is 4.33. The van der Waals surface area contributed by atoms with Gasteiger partial charge in [-0.1, -0.05) is 24.0 Å². The maximum absolute atomic E-state index is 11.4. The fourth-order valence-corrected chi connectivity index (χ4v) is 2.25. The van der Waals surface area contributed by atoms with Gasteiger partial charge in [-0.3, -0.25) is 9.59 Å². The molecule has 1 aromatic rings. The van der Waals surface area contributed by atoms with Crippen LogP contribution in [0, 0.1) is 0 Å². The number of thioether (sulfide) groups is 1. The lowest BCUT2D eigenvalue weighted by Crippen LogP contribution is -2.22. The topological polar surface area (TPSA) is 72.1 Å². The SMILES string of the molecule is CC(=O)OCc1ccc(/C=N/N2C(=O)CSC2=S)o1. The van der Waals surface area contributed by atoms with Gasteiger partial charge in [0.25, 0.3) is 5.91 Å². The van der Waals surface area contributed by atoms with Crippen molar-refractivity contribution in [1.29, 1.82) is 0 Å². The number of furan rings is 1. The van der Waals surface area contributed by atoms with E-state index in [4.69, 9.17) is 21.4 Å². The van der Waals surface area contributed by atoms with Gasteiger partial charge in [0.2, 0.25) is 0 Å². The maximum atomic E-state index is 11.4. The molecule has 0 N–H and O–H groups in total. The van der Waals surface area contributed by atoms with Crippen molar-refractivity contribution in [3.63, 3.8) is 0 Å². The Morgan fingerprint density at radius 3 is 3.11 bits per heavy atom. The number of hydrogen-bond donors (Lipinski definition) is 0. The molecular formula is C11H10N2O4S2. The van der Waals surface area contributed by atoms with Gasteiger partial charge in [0.05, 0.1) is 12.0 Å². The number of hydrogen-bond acceptors (Lipinski definition) is 7. The van der Waals surface area contributed by atoms with Crippen molar-refractivity contribution in [3.05, 3.63) is 23.7 Å². The molecular weight excluding hydrogens is 288 g/mol. The standard InChI is InChI=1S/C11H10N2O4S2/c1-7(14)16-5-9-3-2-8(17-9)4-12-13-10(15)6-19-11(13)18/h2-4H,5-6H2,1H3/b12-4+. The molecule has 1 amide bonds. The van der Waals surface area contributed by atoms with Gasteiger partial charge in [0.1, 0.15) is 18.1 Å². The van der Waals surface area contributed by atoms with Crippen LogP contribution in [-0.4, -0.2) is 33.2 Å². The first-order valence-electron chi connectivity index (χ1n) is 5.32. The van der Waals surface area contributed by atoms with Crippen LogP contribution < -0.4 is 0 Å². The first-order chi connectivity index (χ1) is 9.06. The molecule has 0 unspecified atom stereocenters. The van der Waals surface area contributed by atoms with Gasteiger partial charge >= 0.3 is 5.97 Å². The molecule has 0 radical (unpaired) electrons. The van der Waals surface area contributed by atoms with Crippen LogP contribution in [0.4, 0.5) is 0 Å². The summed E-state index contributed by atoms with van der Waals surface area (Å²) in [6, 6.07) is 3.34. The number of esters is 1. The third-order valence-electron chi connectivity index (χ3n) is 2.13. The van der Waals surface area contributed by atoms with Crippen molar-refractivity contribution in [2.24, 2.45) is 5.10 Å². The summed E-state index contributed by atoms with van der Waals surface area (Å²) in [6.45, 7) is 1.39. The van der Waals surface area contributed by atoms with E-state index < -0.39 is 0 Å². The highest BCUT2D eigenvalue weighted by atomic mass is 32.2. The summed E-state index contributed by atoms with van der Waals surface area (Å²) < 4.78 is 10.6. The van der Waals surface area contributed by atoms with Crippen LogP contribution in [0.1, 0.15) is 18.4 Å². The minimum absolute atomic E-state index is 0.0695. The summed E-state index contributed by atoms with van der Waals surface area (Å²) >= 11 is 6.25. The third-order valence-corrected chi connectivity index (χ3v) is 3.47. The normalized spacial score (nSPS) is 15.5. The smallest absolute Gasteiger partial charge is 0.303 e. The first-order valence-corrected chi connectivity index (χ1v) is 6.71. The summed E-state index contributed by atoms with van der Waals surface area (Å²) in [7, 11) is 0. The van der Waals surface area contributed by atoms with E-state index >= 15 is 0 Å². The summed E-state index contributed by atoms with van der Waals surface area (Å²) in [5.41, 5.74) is 0. The number of nitrogens with zero attached hydrogens (tertiary/aromatic N) is 2. The fraction of sp³-hybridized carbons (Fsp3) is 0.273. The average Bonchev–Trinajstić information content (AvgIpc) is 2.93. The van der Waals surface area contributed by atoms with Gasteiger partial charge < -0.3 is 9.15 Å². The Balaban J connectivity index is 1.97. The van der Waals surface area contributed by atoms with Crippen molar-refractivity contribution in [1.82, 2.24) is 5.01 Å². The maximum Gasteiger partial charge on any atom is 0.303 e. The fourth-order valence-electron chi connectivity index (χ4n) is 1.29. The second-order valence-electron chi connectivity index (χ2n) is 3.59. The number of hydrazone groups is 1. The van der Waals surface area contributed by atoms with Gasteiger partial charge in [-0.2, -0.15) is 10.1 Å². The number of rotatable bonds is 4. The molecule has 1 aromatic heterocycles. The molecule has 0 saturated carbocycles. The molecule has 6 nitrogen and oxygen atoms in total. The number of carbonyl (C=O) groups excluding carboxylic acids is 2. The van der Waals surface area contributed by atoms with Crippen LogP contribution in [0.3, 0.4) is 0 Å². The molecule has 0 aromatic carbocycles. The highest BCUT2D eigenvalue weighted by Gasteiger charge is 2.26. The monoisotopic (exact) mass is 298 g/mol. The van der Waals surface area contributed by atoms with Crippen molar-refractivity contribution in [2.75, 3.05) is 5.75 Å². The third kappa shape index (κ3) is 3.65. The lowest BCUT2D eigenvalue weighted by Gasteiger charge is -2.05. The Labute approximate surface area is 118 Å². The summed E-state index contributed by atoms with van der Waals surface area (Å²) in [5, 5.41) is 5.12. The van der Waals surface area contributed by atoms with E-state index in [1.54, 1.807) is 12.1 Å². The van der Waals surface area contributed by atoms with Crippen molar-refractivity contribution >= 4 is 46.4 Å². The number of thiocarbonyl (C=S) groups is 1. The summed E-state index contributed by atoms with van der Waals surface area (Å²) in [4.78, 5) is 22.0. The van der Waals surface area contributed by atoms with Gasteiger partial charge in [-0.05, 0) is 12.1 Å². The summed E-state index contributed by atoms with van der Waals surface area (Å²) in [6.07, 6.45) is 1.40. The minimum atomic E-state index is -0.378. The number of ether oxygens (including phenoxy) is 1. The van der Waals surface area contributed by atoms with Crippen LogP contribution >= 0.6 is 24.0 Å². The molecule has 1 saturated heterocycles. The highest BCUT2D eigenvalue weighted by Crippen LogP contribution is 2.19. The molecule has 1 fully saturated rings. The van der Waals surface area contributed by atoms with Crippen molar-refractivity contribution < 1.29 is 18.7 Å². The number of carbonyl (C=O) groups is 2. The Morgan fingerprint density at radius 1 is 1.68 bits per heavy atom. The van der Waals surface area contributed by atoms with E-state index in [0.29, 0.717) is 21.6 Å². The molecule has 2 rings (SSSR count). The molecule has 0 spiro atoms. The van der Waals surface area contributed by atoms with Crippen LogP contribution in [-0.2, 0) is 20.9 Å². The van der Waals surface area contributed by atoms with E-state index in [-0.39, 0.29) is 18.5 Å². The van der Waals surface area contributed by atoms with Crippen LogP contribution in [0.15, 0.2) is 21.7 Å². The van der Waals surface area contributed by atoms with Crippen LogP contribution in [0.25, 0.3) is 0 Å². The van der Waals surface area contributed by atoms with Gasteiger partial charge in [-0.15, -0.1) is 0 Å². The lowest BCUT2D eigenvalue weighted by atomic mass is 10.4. The first kappa shape index (κ1) is 13.8. The van der Waals surface area contributed by atoms with Crippen molar-refractivity contribution in [3.8, 4) is 0 Å². The average molecular weight is 298 g/mol. The zero-order chi connectivity index (χ0) is 13.8. The largest absolute Gasteiger partial charge is 0.458 e. The van der Waals surface area contributed by atoms with E-state index in [1.807, 2.05) is 0 Å². The van der Waals surface area contributed by atoms with Gasteiger partial charge in [0, 0.05) is 6.92 Å². The molecule has 2 heterocycles. The zero-order valence-electron chi connectivity index (χ0n) is 9.99. The predicted molar refractivity (Wildman–Crippen MR) is 73.7 cm³/mol. The molecule has 0 aliphatic carbocycles. The lowest BCUT2D eigenvalue weighted by molar-refractivity contribution is -0.142. The molecule has 0 atom stereocenters. The van der Waals surface area contributed by atoms with Crippen LogP contribution in [0.5, 0.6) is 0 Å². The molecule has 1 aliphatic heterocycles. The molecule has 0 bridgehead atoms. The highest BCUT2D eigenvalue weighted by molar-refractivity contribution is 8.23. The zero-order valence-corrected chi connectivity index (χ0v) is 11.6. The Morgan fingerprint density at radius 2 is 2.47 bits per heavy atom. The second kappa shape index (κ2) is 5.98. The van der Waals surface area contributed by atoms with E-state index in [9.17, 15) is 9.59 Å². The Hall–Kier alpha value is -1.67. The van der Waals surface area contributed by atoms with Gasteiger partial charge in [-0.25, -0.2) is 0 Å². The van der Waals surface area contributed by atoms with E-state index in [2.05, 4.69) is 5.10 Å². The Bertz CT molecular complexity index is 537. The molecule has 19 heavy (non-hydrogen) atoms. The number of amides is 1. The molecule has 1 aliphatic rings. The molecule has 8 heteroatoms. The van der Waals surface area contributed by atoms with Crippen LogP contribution in [0.2, 0.25) is 0 Å². The van der Waals surface area contributed by atoms with E-state index in [0.717, 1.165) is 5.01 Å². The molecule has 100 valence electrons.